The van der Waals surface area contributed by atoms with Crippen LogP contribution in [0.2, 0.25) is 0 Å². The molecular formula is C28H26N2O5. The van der Waals surface area contributed by atoms with E-state index in [4.69, 9.17) is 14.0 Å². The third kappa shape index (κ3) is 6.57. The van der Waals surface area contributed by atoms with Gasteiger partial charge in [0.1, 0.15) is 30.4 Å². The van der Waals surface area contributed by atoms with Crippen molar-refractivity contribution in [3.8, 4) is 17.2 Å². The number of hydrogen-bond donors (Lipinski definition) is 1. The molecule has 7 heteroatoms. The number of hydrogen-bond acceptors (Lipinski definition) is 6. The lowest BCUT2D eigenvalue weighted by atomic mass is 10.1. The summed E-state index contributed by atoms with van der Waals surface area (Å²) in [6.45, 7) is 2.52. The third-order valence-corrected chi connectivity index (χ3v) is 5.32. The van der Waals surface area contributed by atoms with Gasteiger partial charge in [-0.15, -0.1) is 0 Å². The number of benzene rings is 3. The highest BCUT2D eigenvalue weighted by atomic mass is 16.6. The van der Waals surface area contributed by atoms with Crippen molar-refractivity contribution in [3.63, 3.8) is 0 Å². The van der Waals surface area contributed by atoms with Crippen molar-refractivity contribution in [1.29, 1.82) is 0 Å². The minimum atomic E-state index is -1.12. The Kier molecular flexibility index (Phi) is 7.91. The topological polar surface area (TPSA) is 94.2 Å². The summed E-state index contributed by atoms with van der Waals surface area (Å²) in [4.78, 5) is 21.2. The van der Waals surface area contributed by atoms with Crippen LogP contribution in [0.4, 0.5) is 0 Å². The van der Waals surface area contributed by atoms with Gasteiger partial charge in [-0.05, 0) is 49.6 Å². The summed E-state index contributed by atoms with van der Waals surface area (Å²) in [5.41, 5.74) is 3.22. The maximum Gasteiger partial charge on any atom is 0.358 e. The predicted molar refractivity (Wildman–Crippen MR) is 132 cm³/mol. The average molecular weight is 471 g/mol. The summed E-state index contributed by atoms with van der Waals surface area (Å²) in [6, 6.07) is 26.3. The zero-order chi connectivity index (χ0) is 24.5. The molecule has 7 nitrogen and oxygen atoms in total. The molecule has 1 heterocycles. The maximum absolute atomic E-state index is 11.4. The predicted octanol–water partition coefficient (Wildman–Crippen LogP) is 5.67. The van der Waals surface area contributed by atoms with Gasteiger partial charge in [-0.3, -0.25) is 0 Å². The van der Waals surface area contributed by atoms with E-state index in [-0.39, 0.29) is 5.71 Å². The molecule has 0 aliphatic rings. The first-order valence-electron chi connectivity index (χ1n) is 11.3. The first-order valence-corrected chi connectivity index (χ1v) is 11.3. The van der Waals surface area contributed by atoms with Crippen LogP contribution in [0.25, 0.3) is 11.5 Å². The van der Waals surface area contributed by atoms with Gasteiger partial charge in [-0.25, -0.2) is 9.78 Å². The Balaban J connectivity index is 1.24. The number of carboxylic acids is 1. The number of aromatic nitrogens is 1. The lowest BCUT2D eigenvalue weighted by Gasteiger charge is -2.06. The van der Waals surface area contributed by atoms with Crippen LogP contribution in [0.3, 0.4) is 0 Å². The first-order chi connectivity index (χ1) is 17.1. The van der Waals surface area contributed by atoms with Crippen LogP contribution in [-0.4, -0.2) is 28.4 Å². The van der Waals surface area contributed by atoms with Crippen LogP contribution in [0.15, 0.2) is 94.5 Å². The van der Waals surface area contributed by atoms with Gasteiger partial charge in [-0.2, -0.15) is 0 Å². The van der Waals surface area contributed by atoms with Gasteiger partial charge in [0.05, 0.1) is 0 Å². The van der Waals surface area contributed by atoms with Gasteiger partial charge >= 0.3 is 5.97 Å². The van der Waals surface area contributed by atoms with E-state index in [0.717, 1.165) is 34.8 Å². The van der Waals surface area contributed by atoms with E-state index < -0.39 is 5.97 Å². The summed E-state index contributed by atoms with van der Waals surface area (Å²) in [7, 11) is 0. The van der Waals surface area contributed by atoms with E-state index >= 15 is 0 Å². The summed E-state index contributed by atoms with van der Waals surface area (Å²) < 4.78 is 11.7. The minimum absolute atomic E-state index is 0.106. The fraction of sp³-hybridized carbons (Fsp3) is 0.179. The van der Waals surface area contributed by atoms with E-state index in [0.29, 0.717) is 31.1 Å². The van der Waals surface area contributed by atoms with E-state index in [1.165, 1.54) is 0 Å². The Morgan fingerprint density at radius 3 is 2.34 bits per heavy atom. The zero-order valence-corrected chi connectivity index (χ0v) is 19.4. The smallest absolute Gasteiger partial charge is 0.358 e. The first kappa shape index (κ1) is 23.8. The SMILES string of the molecule is Cc1oc(-c2ccccc2)nc1COc1ccc(CCCO/N=C(/C(=O)O)c2ccccc2)cc1. The van der Waals surface area contributed by atoms with Gasteiger partial charge < -0.3 is 19.1 Å². The molecule has 178 valence electrons. The van der Waals surface area contributed by atoms with Gasteiger partial charge in [0.2, 0.25) is 5.89 Å². The lowest BCUT2D eigenvalue weighted by Crippen LogP contribution is -2.15. The van der Waals surface area contributed by atoms with Crippen molar-refractivity contribution in [2.75, 3.05) is 6.61 Å². The van der Waals surface area contributed by atoms with Crippen LogP contribution in [0.5, 0.6) is 5.75 Å². The van der Waals surface area contributed by atoms with Crippen LogP contribution in [0.1, 0.15) is 29.0 Å². The number of carboxylic acid groups (broad SMARTS) is 1. The highest BCUT2D eigenvalue weighted by Gasteiger charge is 2.13. The summed E-state index contributed by atoms with van der Waals surface area (Å²) >= 11 is 0. The Labute approximate surface area is 203 Å². The number of rotatable bonds is 11. The van der Waals surface area contributed by atoms with Crippen molar-refractivity contribution in [2.45, 2.75) is 26.4 Å². The van der Waals surface area contributed by atoms with Crippen LogP contribution >= 0.6 is 0 Å². The third-order valence-electron chi connectivity index (χ3n) is 5.32. The molecule has 0 fully saturated rings. The normalized spacial score (nSPS) is 11.3. The molecule has 1 aromatic heterocycles. The molecule has 0 radical (unpaired) electrons. The number of oxazole rings is 1. The van der Waals surface area contributed by atoms with Crippen molar-refractivity contribution in [2.24, 2.45) is 5.16 Å². The monoisotopic (exact) mass is 470 g/mol. The van der Waals surface area contributed by atoms with Gasteiger partial charge in [0.15, 0.2) is 5.71 Å². The summed E-state index contributed by atoms with van der Waals surface area (Å²) in [5, 5.41) is 13.1. The molecule has 0 unspecified atom stereocenters. The number of carbonyl (C=O) groups is 1. The molecule has 0 saturated carbocycles. The van der Waals surface area contributed by atoms with Gasteiger partial charge in [0.25, 0.3) is 0 Å². The highest BCUT2D eigenvalue weighted by molar-refractivity contribution is 6.42. The van der Waals surface area contributed by atoms with E-state index in [1.54, 1.807) is 24.3 Å². The number of aryl methyl sites for hydroxylation is 2. The second kappa shape index (κ2) is 11.7. The molecule has 4 rings (SSSR count). The zero-order valence-electron chi connectivity index (χ0n) is 19.4. The van der Waals surface area contributed by atoms with Crippen molar-refractivity contribution in [1.82, 2.24) is 4.98 Å². The number of oxime groups is 1. The van der Waals surface area contributed by atoms with Gasteiger partial charge in [0, 0.05) is 11.1 Å². The minimum Gasteiger partial charge on any atom is -0.487 e. The molecule has 35 heavy (non-hydrogen) atoms. The summed E-state index contributed by atoms with van der Waals surface area (Å²) in [6.07, 6.45) is 1.47. The van der Waals surface area contributed by atoms with E-state index in [1.807, 2.05) is 67.6 Å². The van der Waals surface area contributed by atoms with E-state index in [2.05, 4.69) is 10.1 Å². The van der Waals surface area contributed by atoms with Crippen LogP contribution in [0, 0.1) is 6.92 Å². The lowest BCUT2D eigenvalue weighted by molar-refractivity contribution is -0.129. The molecule has 0 amide bonds. The Morgan fingerprint density at radius 1 is 0.971 bits per heavy atom. The van der Waals surface area contributed by atoms with Crippen molar-refractivity contribution >= 4 is 11.7 Å². The van der Waals surface area contributed by atoms with Crippen molar-refractivity contribution in [3.05, 3.63) is 108 Å². The summed E-state index contributed by atoms with van der Waals surface area (Å²) in [5.74, 6) is 0.945. The number of ether oxygens (including phenoxy) is 1. The molecule has 3 aromatic carbocycles. The molecular weight excluding hydrogens is 444 g/mol. The molecule has 0 aliphatic heterocycles. The fourth-order valence-electron chi connectivity index (χ4n) is 3.43. The Morgan fingerprint density at radius 2 is 1.66 bits per heavy atom. The molecule has 0 atom stereocenters. The van der Waals surface area contributed by atoms with Crippen LogP contribution in [-0.2, 0) is 22.7 Å². The Bertz CT molecular complexity index is 1270. The van der Waals surface area contributed by atoms with Gasteiger partial charge in [-0.1, -0.05) is 65.8 Å². The second-order valence-electron chi connectivity index (χ2n) is 7.87. The standard InChI is InChI=1S/C28H26N2O5/c1-20-25(29-27(35-20)23-12-6-3-7-13-23)19-33-24-16-14-21(15-17-24)9-8-18-34-30-26(28(31)32)22-10-4-2-5-11-22/h2-7,10-17H,8-9,18-19H2,1H3,(H,31,32)/b30-26+. The molecule has 0 bridgehead atoms. The molecule has 0 aliphatic carbocycles. The molecule has 0 spiro atoms. The average Bonchev–Trinajstić information content (AvgIpc) is 3.27. The molecule has 0 saturated heterocycles. The highest BCUT2D eigenvalue weighted by Crippen LogP contribution is 2.23. The van der Waals surface area contributed by atoms with Crippen LogP contribution < -0.4 is 4.74 Å². The fourth-order valence-corrected chi connectivity index (χ4v) is 3.43. The molecule has 4 aromatic rings. The quantitative estimate of drug-likeness (QED) is 0.172. The number of aliphatic carboxylic acids is 1. The van der Waals surface area contributed by atoms with E-state index in [9.17, 15) is 9.90 Å². The Hall–Kier alpha value is -4.39. The number of nitrogens with zero attached hydrogens (tertiary/aromatic N) is 2. The largest absolute Gasteiger partial charge is 0.487 e. The maximum atomic E-state index is 11.4. The second-order valence-corrected chi connectivity index (χ2v) is 7.87. The van der Waals surface area contributed by atoms with Crippen molar-refractivity contribution < 1.29 is 23.9 Å². The molecule has 1 N–H and O–H groups in total.